The molecule has 2 aromatic heterocycles. The van der Waals surface area contributed by atoms with Gasteiger partial charge in [-0.3, -0.25) is 9.59 Å². The van der Waals surface area contributed by atoms with Crippen molar-refractivity contribution in [2.75, 3.05) is 20.8 Å². The molecule has 2 saturated carbocycles. The van der Waals surface area contributed by atoms with Gasteiger partial charge in [0.15, 0.2) is 0 Å². The number of nitriles is 1. The third-order valence-corrected chi connectivity index (χ3v) is 13.8. The fourth-order valence-corrected chi connectivity index (χ4v) is 10.2. The summed E-state index contributed by atoms with van der Waals surface area (Å²) in [5.41, 5.74) is 5.92. The van der Waals surface area contributed by atoms with Crippen molar-refractivity contribution >= 4 is 34.8 Å². The Morgan fingerprint density at radius 3 is 2.13 bits per heavy atom. The van der Waals surface area contributed by atoms with Crippen LogP contribution in [0.4, 0.5) is 9.59 Å². The van der Waals surface area contributed by atoms with Gasteiger partial charge in [0, 0.05) is 24.6 Å². The summed E-state index contributed by atoms with van der Waals surface area (Å²) in [5, 5.41) is 16.8. The molecule has 6 atom stereocenters. The van der Waals surface area contributed by atoms with E-state index in [1.165, 1.54) is 14.2 Å². The lowest BCUT2D eigenvalue weighted by Gasteiger charge is -2.37. The van der Waals surface area contributed by atoms with Crippen LogP contribution in [-0.4, -0.2) is 92.6 Å². The first-order valence-electron chi connectivity index (χ1n) is 21.9. The number of nitrogens with one attached hydrogen (secondary N) is 4. The summed E-state index contributed by atoms with van der Waals surface area (Å²) in [4.78, 5) is 72.5. The molecule has 4 fully saturated rings. The lowest BCUT2D eigenvalue weighted by molar-refractivity contribution is -0.139. The Hall–Kier alpha value is -6.69. The Morgan fingerprint density at radius 2 is 1.44 bits per heavy atom. The lowest BCUT2D eigenvalue weighted by atomic mass is 9.95. The second-order valence-corrected chi connectivity index (χ2v) is 18.1. The van der Waals surface area contributed by atoms with E-state index in [4.69, 9.17) is 19.4 Å². The minimum Gasteiger partial charge on any atom is -0.453 e. The standard InChI is InChI=1S/C48H53N9O6/c1-27(2)40(55-47(61)63-4)45(59)57-35-16-15-34(22-35)41(57)43-51-24-37(53-43)29-9-7-28(8-10-29)30-11-12-32-21-33(14-13-31(32)20-30)38-25-50-42(52-38)39-23-48(17-18-48)26-56(39)44(58)36(6-5-19-49)54-46(60)62-3/h7-14,20-21,24-25,27,34-36,39-41H,5-6,15-18,22-23,26H2,1-4H3,(H,50,52)(H,51,53)(H,54,60)(H,55,61)/t34-,35-,36+,39+,40+,41+/m1/s1. The third-order valence-electron chi connectivity index (χ3n) is 13.8. The molecule has 326 valence electrons. The maximum absolute atomic E-state index is 14.0. The highest BCUT2D eigenvalue weighted by Gasteiger charge is 2.55. The van der Waals surface area contributed by atoms with Crippen LogP contribution < -0.4 is 10.6 Å². The van der Waals surface area contributed by atoms with E-state index < -0.39 is 24.3 Å². The van der Waals surface area contributed by atoms with E-state index in [0.717, 1.165) is 88.8 Å². The predicted octanol–water partition coefficient (Wildman–Crippen LogP) is 7.80. The van der Waals surface area contributed by atoms with Gasteiger partial charge in [-0.05, 0) is 102 Å². The molecule has 5 aromatic rings. The number of hydrogen-bond donors (Lipinski definition) is 4. The van der Waals surface area contributed by atoms with Crippen LogP contribution in [0.15, 0.2) is 73.1 Å². The zero-order chi connectivity index (χ0) is 44.0. The summed E-state index contributed by atoms with van der Waals surface area (Å²) in [6, 6.07) is 21.3. The number of piperidine rings is 1. The summed E-state index contributed by atoms with van der Waals surface area (Å²) < 4.78 is 9.60. The number of benzene rings is 3. The molecule has 2 aliphatic heterocycles. The number of rotatable bonds is 12. The SMILES string of the molecule is COC(=O)N[C@@H](CCC#N)C(=O)N1CC2(CC2)C[C@H]1c1ncc(-c2ccc3cc(-c4ccc(-c5cnc([C@@H]6[C@@H]7CC[C@H](C7)N6C(=O)[C@@H](NC(=O)OC)C(C)C)[nH]5)cc4)ccc3c2)[nH]1. The van der Waals surface area contributed by atoms with Crippen molar-refractivity contribution in [3.63, 3.8) is 0 Å². The molecule has 3 aromatic carbocycles. The van der Waals surface area contributed by atoms with Gasteiger partial charge in [-0.1, -0.05) is 62.4 Å². The average molecular weight is 852 g/mol. The first-order chi connectivity index (χ1) is 30.5. The summed E-state index contributed by atoms with van der Waals surface area (Å²) in [6.07, 6.45) is 8.46. The van der Waals surface area contributed by atoms with Gasteiger partial charge >= 0.3 is 12.2 Å². The molecule has 2 bridgehead atoms. The smallest absolute Gasteiger partial charge is 0.407 e. The summed E-state index contributed by atoms with van der Waals surface area (Å²) in [6.45, 7) is 4.44. The fourth-order valence-electron chi connectivity index (χ4n) is 10.2. The lowest BCUT2D eigenvalue weighted by Crippen LogP contribution is -2.54. The number of carbonyl (C=O) groups is 4. The van der Waals surface area contributed by atoms with E-state index in [0.29, 0.717) is 18.3 Å². The summed E-state index contributed by atoms with van der Waals surface area (Å²) in [5.74, 6) is 1.35. The predicted molar refractivity (Wildman–Crippen MR) is 234 cm³/mol. The zero-order valence-corrected chi connectivity index (χ0v) is 36.0. The maximum Gasteiger partial charge on any atom is 0.407 e. The highest BCUT2D eigenvalue weighted by atomic mass is 16.5. The average Bonchev–Trinajstić information content (AvgIpc) is 3.94. The number of carbonyl (C=O) groups excluding carboxylic acids is 4. The molecule has 4 heterocycles. The number of H-pyrrole nitrogens is 2. The van der Waals surface area contributed by atoms with E-state index >= 15 is 0 Å². The van der Waals surface area contributed by atoms with Gasteiger partial charge in [0.05, 0.1) is 56.2 Å². The number of methoxy groups -OCH3 is 2. The summed E-state index contributed by atoms with van der Waals surface area (Å²) in [7, 11) is 2.56. The van der Waals surface area contributed by atoms with E-state index in [9.17, 15) is 24.4 Å². The monoisotopic (exact) mass is 851 g/mol. The van der Waals surface area contributed by atoms with Gasteiger partial charge < -0.3 is 39.9 Å². The van der Waals surface area contributed by atoms with Crippen LogP contribution in [-0.2, 0) is 19.1 Å². The van der Waals surface area contributed by atoms with Gasteiger partial charge in [-0.2, -0.15) is 5.26 Å². The van der Waals surface area contributed by atoms with Crippen LogP contribution in [0, 0.1) is 28.6 Å². The Labute approximate surface area is 365 Å². The highest BCUT2D eigenvalue weighted by molar-refractivity contribution is 5.91. The van der Waals surface area contributed by atoms with Gasteiger partial charge in [-0.25, -0.2) is 19.6 Å². The molecule has 2 saturated heterocycles. The second-order valence-electron chi connectivity index (χ2n) is 18.1. The first kappa shape index (κ1) is 41.7. The Balaban J connectivity index is 0.890. The van der Waals surface area contributed by atoms with Crippen molar-refractivity contribution in [1.29, 1.82) is 5.26 Å². The van der Waals surface area contributed by atoms with Crippen molar-refractivity contribution in [2.45, 2.75) is 95.4 Å². The van der Waals surface area contributed by atoms with Crippen LogP contribution in [0.1, 0.15) is 88.9 Å². The van der Waals surface area contributed by atoms with Crippen LogP contribution >= 0.6 is 0 Å². The molecular formula is C48H53N9O6. The molecule has 1 spiro atoms. The molecule has 4 aliphatic rings. The number of hydrogen-bond acceptors (Lipinski definition) is 9. The molecule has 63 heavy (non-hydrogen) atoms. The van der Waals surface area contributed by atoms with Crippen molar-refractivity contribution in [2.24, 2.45) is 17.3 Å². The molecule has 15 heteroatoms. The quantitative estimate of drug-likeness (QED) is 0.0967. The molecule has 0 unspecified atom stereocenters. The van der Waals surface area contributed by atoms with Crippen molar-refractivity contribution < 1.29 is 28.7 Å². The van der Waals surface area contributed by atoms with Gasteiger partial charge in [-0.15, -0.1) is 0 Å². The highest BCUT2D eigenvalue weighted by Crippen LogP contribution is 2.58. The van der Waals surface area contributed by atoms with E-state index in [2.05, 4.69) is 87.3 Å². The number of amides is 4. The first-order valence-corrected chi connectivity index (χ1v) is 21.9. The Morgan fingerprint density at radius 1 is 0.825 bits per heavy atom. The van der Waals surface area contributed by atoms with Gasteiger partial charge in [0.2, 0.25) is 11.8 Å². The number of alkyl carbamates (subject to hydrolysis) is 2. The van der Waals surface area contributed by atoms with Gasteiger partial charge in [0.25, 0.3) is 0 Å². The number of aromatic nitrogens is 4. The minimum absolute atomic E-state index is 0.0626. The molecule has 9 rings (SSSR count). The van der Waals surface area contributed by atoms with Crippen LogP contribution in [0.3, 0.4) is 0 Å². The fraction of sp³-hybridized carbons (Fsp3) is 0.438. The summed E-state index contributed by atoms with van der Waals surface area (Å²) >= 11 is 0. The molecule has 4 amide bonds. The van der Waals surface area contributed by atoms with Crippen LogP contribution in [0.5, 0.6) is 0 Å². The van der Waals surface area contributed by atoms with E-state index in [1.54, 1.807) is 0 Å². The van der Waals surface area contributed by atoms with Crippen molar-refractivity contribution in [3.8, 4) is 39.7 Å². The van der Waals surface area contributed by atoms with Gasteiger partial charge in [0.1, 0.15) is 23.7 Å². The van der Waals surface area contributed by atoms with E-state index in [1.807, 2.05) is 36.0 Å². The zero-order valence-electron chi connectivity index (χ0n) is 36.0. The van der Waals surface area contributed by atoms with Crippen molar-refractivity contribution in [1.82, 2.24) is 40.4 Å². The number of likely N-dealkylation sites (tertiary alicyclic amines) is 2. The Kier molecular flexibility index (Phi) is 11.2. The van der Waals surface area contributed by atoms with Crippen LogP contribution in [0.25, 0.3) is 44.4 Å². The number of nitrogens with zero attached hydrogens (tertiary/aromatic N) is 5. The number of aromatic amines is 2. The molecule has 4 N–H and O–H groups in total. The topological polar surface area (TPSA) is 198 Å². The number of fused-ring (bicyclic) bond motifs is 3. The van der Waals surface area contributed by atoms with Crippen molar-refractivity contribution in [3.05, 3.63) is 84.7 Å². The normalized spacial score (nSPS) is 21.7. The minimum atomic E-state index is -0.859. The second kappa shape index (κ2) is 16.9. The maximum atomic E-state index is 14.0. The van der Waals surface area contributed by atoms with Crippen LogP contribution in [0.2, 0.25) is 0 Å². The molecular weight excluding hydrogens is 799 g/mol. The number of ether oxygens (including phenoxy) is 2. The Bertz CT molecular complexity index is 2590. The van der Waals surface area contributed by atoms with E-state index in [-0.39, 0.29) is 54.1 Å². The molecule has 15 nitrogen and oxygen atoms in total. The third kappa shape index (κ3) is 8.10. The molecule has 0 radical (unpaired) electrons. The molecule has 2 aliphatic carbocycles. The largest absolute Gasteiger partial charge is 0.453 e. The number of imidazole rings is 2.